The van der Waals surface area contributed by atoms with Crippen LogP contribution in [-0.4, -0.2) is 46.4 Å². The van der Waals surface area contributed by atoms with Crippen molar-refractivity contribution in [2.45, 2.75) is 20.0 Å². The number of carbonyl (C=O) groups is 1. The van der Waals surface area contributed by atoms with E-state index in [0.29, 0.717) is 5.69 Å². The maximum atomic E-state index is 11.9. The lowest BCUT2D eigenvalue weighted by Crippen LogP contribution is -2.39. The van der Waals surface area contributed by atoms with Crippen LogP contribution in [-0.2, 0) is 19.6 Å². The zero-order chi connectivity index (χ0) is 15.9. The standard InChI is InChI=1S/C14H22N2O4S/c1-12(2)20-9-10-21(18,19)15-11-14(17)16(3)13-7-5-4-6-8-13/h4-8,12,15H,9-11H2,1-3H3. The predicted octanol–water partition coefficient (Wildman–Crippen LogP) is 0.994. The number of rotatable bonds is 8. The Morgan fingerprint density at radius 3 is 2.48 bits per heavy atom. The zero-order valence-corrected chi connectivity index (χ0v) is 13.4. The van der Waals surface area contributed by atoms with Crippen LogP contribution < -0.4 is 9.62 Å². The fourth-order valence-electron chi connectivity index (χ4n) is 1.55. The summed E-state index contributed by atoms with van der Waals surface area (Å²) in [7, 11) is -1.91. The number of nitrogens with one attached hydrogen (secondary N) is 1. The number of hydrogen-bond donors (Lipinski definition) is 1. The Balaban J connectivity index is 2.45. The van der Waals surface area contributed by atoms with Gasteiger partial charge in [-0.1, -0.05) is 18.2 Å². The lowest BCUT2D eigenvalue weighted by Gasteiger charge is -2.17. The number of nitrogens with zero attached hydrogens (tertiary/aromatic N) is 1. The third-order valence-electron chi connectivity index (χ3n) is 2.76. The lowest BCUT2D eigenvalue weighted by molar-refractivity contribution is -0.117. The quantitative estimate of drug-likeness (QED) is 0.776. The molecular formula is C14H22N2O4S. The highest BCUT2D eigenvalue weighted by Gasteiger charge is 2.16. The molecule has 1 amide bonds. The van der Waals surface area contributed by atoms with Crippen molar-refractivity contribution in [2.75, 3.05) is 30.9 Å². The smallest absolute Gasteiger partial charge is 0.241 e. The van der Waals surface area contributed by atoms with Gasteiger partial charge < -0.3 is 9.64 Å². The van der Waals surface area contributed by atoms with Gasteiger partial charge in [-0.05, 0) is 26.0 Å². The normalized spacial score (nSPS) is 11.6. The van der Waals surface area contributed by atoms with Gasteiger partial charge in [0.25, 0.3) is 0 Å². The summed E-state index contributed by atoms with van der Waals surface area (Å²) in [6.07, 6.45) is -0.0222. The molecule has 0 aromatic heterocycles. The second-order valence-electron chi connectivity index (χ2n) is 4.85. The molecule has 0 bridgehead atoms. The van der Waals surface area contributed by atoms with Crippen molar-refractivity contribution in [3.05, 3.63) is 30.3 Å². The van der Waals surface area contributed by atoms with E-state index in [9.17, 15) is 13.2 Å². The monoisotopic (exact) mass is 314 g/mol. The molecule has 0 unspecified atom stereocenters. The van der Waals surface area contributed by atoms with Crippen molar-refractivity contribution in [1.82, 2.24) is 4.72 Å². The minimum Gasteiger partial charge on any atom is -0.378 e. The van der Waals surface area contributed by atoms with Crippen molar-refractivity contribution < 1.29 is 17.9 Å². The SMILES string of the molecule is CC(C)OCCS(=O)(=O)NCC(=O)N(C)c1ccccc1. The minimum absolute atomic E-state index is 0.0222. The number of carbonyl (C=O) groups excluding carboxylic acids is 1. The van der Waals surface area contributed by atoms with E-state index >= 15 is 0 Å². The van der Waals surface area contributed by atoms with Gasteiger partial charge >= 0.3 is 0 Å². The van der Waals surface area contributed by atoms with Crippen LogP contribution in [0.3, 0.4) is 0 Å². The molecule has 7 heteroatoms. The highest BCUT2D eigenvalue weighted by Crippen LogP contribution is 2.10. The van der Waals surface area contributed by atoms with Crippen LogP contribution in [0.1, 0.15) is 13.8 Å². The van der Waals surface area contributed by atoms with Crippen LogP contribution >= 0.6 is 0 Å². The Kier molecular flexibility index (Phi) is 6.80. The molecule has 0 radical (unpaired) electrons. The van der Waals surface area contributed by atoms with Gasteiger partial charge in [-0.15, -0.1) is 0 Å². The Morgan fingerprint density at radius 2 is 1.90 bits per heavy atom. The summed E-state index contributed by atoms with van der Waals surface area (Å²) >= 11 is 0. The first-order valence-corrected chi connectivity index (χ1v) is 8.37. The number of likely N-dealkylation sites (N-methyl/N-ethyl adjacent to an activating group) is 1. The maximum absolute atomic E-state index is 11.9. The van der Waals surface area contributed by atoms with E-state index in [0.717, 1.165) is 0 Å². The highest BCUT2D eigenvalue weighted by atomic mass is 32.2. The van der Waals surface area contributed by atoms with Gasteiger partial charge in [-0.3, -0.25) is 4.79 Å². The molecule has 1 aromatic carbocycles. The maximum Gasteiger partial charge on any atom is 0.241 e. The first-order valence-electron chi connectivity index (χ1n) is 6.72. The third-order valence-corrected chi connectivity index (χ3v) is 4.05. The van der Waals surface area contributed by atoms with E-state index in [-0.39, 0.29) is 30.9 Å². The second-order valence-corrected chi connectivity index (χ2v) is 6.77. The molecule has 1 rings (SSSR count). The second kappa shape index (κ2) is 8.11. The van der Waals surface area contributed by atoms with Crippen molar-refractivity contribution in [3.63, 3.8) is 0 Å². The van der Waals surface area contributed by atoms with Crippen LogP contribution in [0.25, 0.3) is 0 Å². The van der Waals surface area contributed by atoms with Gasteiger partial charge in [0.15, 0.2) is 0 Å². The fraction of sp³-hybridized carbons (Fsp3) is 0.500. The molecule has 0 spiro atoms. The Bertz CT molecular complexity index is 543. The average Bonchev–Trinajstić information content (AvgIpc) is 2.44. The molecule has 0 aliphatic carbocycles. The predicted molar refractivity (Wildman–Crippen MR) is 82.7 cm³/mol. The van der Waals surface area contributed by atoms with Crippen LogP contribution in [0, 0.1) is 0 Å². The molecule has 0 aliphatic rings. The molecule has 21 heavy (non-hydrogen) atoms. The summed E-state index contributed by atoms with van der Waals surface area (Å²) in [4.78, 5) is 13.3. The summed E-state index contributed by atoms with van der Waals surface area (Å²) in [6.45, 7) is 3.50. The van der Waals surface area contributed by atoms with Crippen LogP contribution in [0.4, 0.5) is 5.69 Å². The zero-order valence-electron chi connectivity index (χ0n) is 12.6. The van der Waals surface area contributed by atoms with E-state index in [1.807, 2.05) is 32.0 Å². The molecule has 0 aliphatic heterocycles. The van der Waals surface area contributed by atoms with Crippen molar-refractivity contribution >= 4 is 21.6 Å². The van der Waals surface area contributed by atoms with E-state index in [2.05, 4.69) is 4.72 Å². The molecule has 0 atom stereocenters. The number of ether oxygens (including phenoxy) is 1. The average molecular weight is 314 g/mol. The van der Waals surface area contributed by atoms with E-state index < -0.39 is 10.0 Å². The summed E-state index contributed by atoms with van der Waals surface area (Å²) in [5.41, 5.74) is 0.713. The van der Waals surface area contributed by atoms with Gasteiger partial charge in [-0.25, -0.2) is 13.1 Å². The molecule has 0 saturated heterocycles. The van der Waals surface area contributed by atoms with Gasteiger partial charge in [0.05, 0.1) is 25.0 Å². The molecule has 6 nitrogen and oxygen atoms in total. The number of amides is 1. The van der Waals surface area contributed by atoms with Crippen molar-refractivity contribution in [2.24, 2.45) is 0 Å². The Hall–Kier alpha value is -1.44. The molecule has 118 valence electrons. The first kappa shape index (κ1) is 17.6. The van der Waals surface area contributed by atoms with Crippen LogP contribution in [0.15, 0.2) is 30.3 Å². The van der Waals surface area contributed by atoms with Gasteiger partial charge in [0, 0.05) is 12.7 Å². The number of anilines is 1. The van der Waals surface area contributed by atoms with Gasteiger partial charge in [0.1, 0.15) is 0 Å². The van der Waals surface area contributed by atoms with Gasteiger partial charge in [0.2, 0.25) is 15.9 Å². The van der Waals surface area contributed by atoms with E-state index in [1.54, 1.807) is 19.2 Å². The number of para-hydroxylation sites is 1. The van der Waals surface area contributed by atoms with E-state index in [1.165, 1.54) is 4.90 Å². The molecule has 1 N–H and O–H groups in total. The summed E-state index contributed by atoms with van der Waals surface area (Å²) in [5.74, 6) is -0.484. The molecule has 0 fully saturated rings. The largest absolute Gasteiger partial charge is 0.378 e. The first-order chi connectivity index (χ1) is 9.82. The van der Waals surface area contributed by atoms with Crippen LogP contribution in [0.2, 0.25) is 0 Å². The van der Waals surface area contributed by atoms with E-state index in [4.69, 9.17) is 4.74 Å². The van der Waals surface area contributed by atoms with Crippen molar-refractivity contribution in [3.8, 4) is 0 Å². The Morgan fingerprint density at radius 1 is 1.29 bits per heavy atom. The Labute approximate surface area is 126 Å². The van der Waals surface area contributed by atoms with Crippen LogP contribution in [0.5, 0.6) is 0 Å². The summed E-state index contributed by atoms with van der Waals surface area (Å²) in [6, 6.07) is 9.03. The molecule has 1 aromatic rings. The fourth-order valence-corrected chi connectivity index (χ4v) is 2.35. The third kappa shape index (κ3) is 6.70. The number of benzene rings is 1. The molecule has 0 saturated carbocycles. The summed E-state index contributed by atoms with van der Waals surface area (Å²) < 4.78 is 30.9. The highest BCUT2D eigenvalue weighted by molar-refractivity contribution is 7.89. The molecule has 0 heterocycles. The lowest BCUT2D eigenvalue weighted by atomic mass is 10.3. The summed E-state index contributed by atoms with van der Waals surface area (Å²) in [5, 5.41) is 0. The molecular weight excluding hydrogens is 292 g/mol. The minimum atomic E-state index is -3.51. The number of hydrogen-bond acceptors (Lipinski definition) is 4. The number of sulfonamides is 1. The van der Waals surface area contributed by atoms with Gasteiger partial charge in [-0.2, -0.15) is 0 Å². The topological polar surface area (TPSA) is 75.7 Å². The van der Waals surface area contributed by atoms with Crippen molar-refractivity contribution in [1.29, 1.82) is 0 Å².